The van der Waals surface area contributed by atoms with E-state index in [9.17, 15) is 53.1 Å². The summed E-state index contributed by atoms with van der Waals surface area (Å²) in [6.07, 6.45) is 6.47. The third-order valence-electron chi connectivity index (χ3n) is 20.1. The number of likely N-dealkylation sites (tertiary alicyclic amines) is 1. The van der Waals surface area contributed by atoms with Gasteiger partial charge in [-0.3, -0.25) is 57.8 Å². The number of rotatable bonds is 44. The zero-order chi connectivity index (χ0) is 74.0. The minimum atomic E-state index is -1.16. The number of Topliss-reactive ketones (excluding diaryl/α,β-unsaturated/α-hetero) is 4. The van der Waals surface area contributed by atoms with Gasteiger partial charge in [-0.2, -0.15) is 4.98 Å². The van der Waals surface area contributed by atoms with E-state index in [1.54, 1.807) is 55.3 Å². The lowest BCUT2D eigenvalue weighted by molar-refractivity contribution is -0.149. The Hall–Kier alpha value is -8.41. The summed E-state index contributed by atoms with van der Waals surface area (Å²) < 4.78 is 12.3. The van der Waals surface area contributed by atoms with E-state index in [-0.39, 0.29) is 133 Å². The molecule has 23 heteroatoms. The van der Waals surface area contributed by atoms with E-state index in [1.165, 1.54) is 6.20 Å². The van der Waals surface area contributed by atoms with Crippen molar-refractivity contribution in [1.29, 1.82) is 0 Å². The zero-order valence-electron chi connectivity index (χ0n) is 61.5. The highest BCUT2D eigenvalue weighted by atomic mass is 16.5. The number of fused-ring (bicyclic) bond motifs is 1. The van der Waals surface area contributed by atoms with Crippen molar-refractivity contribution in [3.05, 3.63) is 129 Å². The number of nitrogen functional groups attached to an aromatic ring is 1. The van der Waals surface area contributed by atoms with Crippen molar-refractivity contribution in [2.24, 2.45) is 41.4 Å². The van der Waals surface area contributed by atoms with E-state index in [0.29, 0.717) is 95.1 Å². The van der Waals surface area contributed by atoms with Crippen molar-refractivity contribution in [1.82, 2.24) is 45.3 Å². The predicted molar refractivity (Wildman–Crippen MR) is 389 cm³/mol. The Morgan fingerprint density at radius 2 is 1.40 bits per heavy atom. The van der Waals surface area contributed by atoms with Gasteiger partial charge in [-0.25, -0.2) is 9.97 Å². The van der Waals surface area contributed by atoms with Crippen LogP contribution in [-0.2, 0) is 79.9 Å². The van der Waals surface area contributed by atoms with Crippen LogP contribution in [0.15, 0.2) is 89.9 Å². The molecule has 101 heavy (non-hydrogen) atoms. The van der Waals surface area contributed by atoms with Crippen LogP contribution in [0, 0.1) is 41.4 Å². The van der Waals surface area contributed by atoms with Gasteiger partial charge in [0.1, 0.15) is 11.6 Å². The highest BCUT2D eigenvalue weighted by Gasteiger charge is 2.44. The first kappa shape index (κ1) is 81.6. The fourth-order valence-electron chi connectivity index (χ4n) is 14.1. The number of carboxylic acid groups (broad SMARTS) is 1. The number of hydrogen-bond acceptors (Lipinski definition) is 17. The molecular formula is C78H110N10O13. The number of nitrogens with two attached hydrogens (primary N) is 1. The standard InChI is InChI=1S/C78H110N10O13/c1-13-50(6)71(87(10)76(97)61(48(2)3)45-65(92)70(49(4)5)86(8)9)66(100-11)46-68(94)88-40-20-24-62(88)72(101-12)51(7)63(90)44-58(41-54-21-16-14-17-22-54)74(95)81-39-37-53-25-27-55(28-26-53)42-60(89)23-18-15-19-38-80-67(93)36-34-57(77(98)99)43-64(91)56-32-29-52(30-33-56)31-35-59-47-82-73-69(83-59)75(96)85-78(79)84-73/h14,16-17,21-22,25-30,32-33,47-51,57-58,61-62,66,70-72H,13,15,18-20,23-24,31,34-46H2,1-12H3,(H,80,93)(H,81,95)(H,98,99)(H3,79,82,84,85,96)/t50?,51?,57-,58-,61+,62?,66?,70?,71?,72?/m1/s1. The molecule has 0 bridgehead atoms. The first-order chi connectivity index (χ1) is 48.1. The molecule has 0 spiro atoms. The number of ether oxygens (including phenoxy) is 2. The molecule has 0 radical (unpaired) electrons. The van der Waals surface area contributed by atoms with Crippen LogP contribution in [0.3, 0.4) is 0 Å². The van der Waals surface area contributed by atoms with Crippen LogP contribution in [0.2, 0.25) is 0 Å². The fraction of sp³-hybridized carbons (Fsp3) is 0.577. The first-order valence-electron chi connectivity index (χ1n) is 36.0. The SMILES string of the molecule is CCC(C)C(C(CC(=O)N1CCCC1C(OC)C(C)C(=O)C[C@@H](Cc1ccccc1)C(=O)NCCc1ccc(CC(=O)CCCCCNC(=O)CC[C@H](CC(=O)c2ccc(CCc3cnc4nc(N)[nH]c(=O)c4n3)cc2)C(=O)O)cc1)OC)N(C)C(=O)[C@@H](CC(=O)C(C(C)C)N(C)C)C(C)C. The van der Waals surface area contributed by atoms with Gasteiger partial charge in [-0.1, -0.05) is 140 Å². The number of carbonyl (C=O) groups is 9. The maximum Gasteiger partial charge on any atom is 0.306 e. The van der Waals surface area contributed by atoms with Gasteiger partial charge in [0.15, 0.2) is 22.7 Å². The molecule has 23 nitrogen and oxygen atoms in total. The molecule has 6 N–H and O–H groups in total. The van der Waals surface area contributed by atoms with Crippen LogP contribution in [0.25, 0.3) is 11.2 Å². The number of amides is 4. The summed E-state index contributed by atoms with van der Waals surface area (Å²) in [6.45, 7) is 15.0. The summed E-state index contributed by atoms with van der Waals surface area (Å²) in [5.74, 6) is -5.51. The molecule has 6 rings (SSSR count). The van der Waals surface area contributed by atoms with Crippen molar-refractivity contribution < 1.29 is 57.7 Å². The average molecular weight is 1400 g/mol. The molecule has 0 saturated carbocycles. The Morgan fingerprint density at radius 1 is 0.723 bits per heavy atom. The Balaban J connectivity index is 0.916. The minimum absolute atomic E-state index is 0.00539. The van der Waals surface area contributed by atoms with E-state index in [1.807, 2.05) is 115 Å². The van der Waals surface area contributed by atoms with Gasteiger partial charge in [0, 0.05) is 103 Å². The van der Waals surface area contributed by atoms with Crippen molar-refractivity contribution in [3.63, 3.8) is 0 Å². The number of methoxy groups -OCH3 is 2. The number of benzene rings is 3. The van der Waals surface area contributed by atoms with Gasteiger partial charge >= 0.3 is 5.97 Å². The maximum atomic E-state index is 14.6. The van der Waals surface area contributed by atoms with Crippen molar-refractivity contribution in [2.45, 2.75) is 194 Å². The topological polar surface area (TPSA) is 324 Å². The van der Waals surface area contributed by atoms with Gasteiger partial charge in [0.05, 0.1) is 54.6 Å². The van der Waals surface area contributed by atoms with Crippen molar-refractivity contribution >= 4 is 69.8 Å². The molecule has 2 aromatic heterocycles. The normalized spacial score (nSPS) is 15.9. The summed E-state index contributed by atoms with van der Waals surface area (Å²) >= 11 is 0. The molecule has 0 aliphatic carbocycles. The van der Waals surface area contributed by atoms with E-state index < -0.39 is 59.5 Å². The number of likely N-dealkylation sites (N-methyl/N-ethyl adjacent to an activating group) is 2. The van der Waals surface area contributed by atoms with Crippen LogP contribution in [0.4, 0.5) is 5.95 Å². The van der Waals surface area contributed by atoms with E-state index in [2.05, 4.69) is 37.5 Å². The van der Waals surface area contributed by atoms with Gasteiger partial charge in [-0.05, 0) is 112 Å². The summed E-state index contributed by atoms with van der Waals surface area (Å²) in [6, 6.07) is 22.9. The van der Waals surface area contributed by atoms with Gasteiger partial charge in [0.2, 0.25) is 29.6 Å². The number of nitrogens with one attached hydrogen (secondary N) is 3. The van der Waals surface area contributed by atoms with Gasteiger partial charge < -0.3 is 40.7 Å². The van der Waals surface area contributed by atoms with Crippen LogP contribution >= 0.6 is 0 Å². The Bertz CT molecular complexity index is 3610. The number of ketones is 4. The van der Waals surface area contributed by atoms with E-state index in [0.717, 1.165) is 28.7 Å². The highest BCUT2D eigenvalue weighted by Crippen LogP contribution is 2.33. The maximum absolute atomic E-state index is 14.6. The quantitative estimate of drug-likeness (QED) is 0.0179. The molecule has 3 aromatic carbocycles. The van der Waals surface area contributed by atoms with Crippen LogP contribution < -0.4 is 21.9 Å². The Morgan fingerprint density at radius 3 is 2.03 bits per heavy atom. The lowest BCUT2D eigenvalue weighted by atomic mass is 9.83. The molecule has 1 aliphatic rings. The summed E-state index contributed by atoms with van der Waals surface area (Å²) in [5.41, 5.74) is 9.92. The molecule has 10 atom stereocenters. The fourth-order valence-corrected chi connectivity index (χ4v) is 14.1. The number of H-pyrrole nitrogens is 1. The predicted octanol–water partition coefficient (Wildman–Crippen LogP) is 8.84. The number of aromatic nitrogens is 4. The van der Waals surface area contributed by atoms with E-state index >= 15 is 0 Å². The number of carboxylic acids is 1. The number of nitrogens with zero attached hydrogens (tertiary/aromatic N) is 6. The molecule has 1 fully saturated rings. The first-order valence-corrected chi connectivity index (χ1v) is 36.0. The smallest absolute Gasteiger partial charge is 0.306 e. The van der Waals surface area contributed by atoms with Crippen molar-refractivity contribution in [3.8, 4) is 0 Å². The van der Waals surface area contributed by atoms with Gasteiger partial charge in [-0.15, -0.1) is 0 Å². The summed E-state index contributed by atoms with van der Waals surface area (Å²) in [5, 5.41) is 15.8. The monoisotopic (exact) mass is 1390 g/mol. The largest absolute Gasteiger partial charge is 0.481 e. The number of anilines is 1. The molecule has 7 unspecified atom stereocenters. The van der Waals surface area contributed by atoms with Gasteiger partial charge in [0.25, 0.3) is 5.56 Å². The second-order valence-electron chi connectivity index (χ2n) is 28.4. The lowest BCUT2D eigenvalue weighted by Crippen LogP contribution is -2.54. The molecule has 4 amide bonds. The molecule has 1 aliphatic heterocycles. The number of aryl methyl sites for hydroxylation is 2. The number of aromatic amines is 1. The second-order valence-corrected chi connectivity index (χ2v) is 28.4. The third-order valence-corrected chi connectivity index (χ3v) is 20.1. The summed E-state index contributed by atoms with van der Waals surface area (Å²) in [7, 11) is 8.65. The lowest BCUT2D eigenvalue weighted by Gasteiger charge is -2.41. The third kappa shape index (κ3) is 24.4. The van der Waals surface area contributed by atoms with Crippen LogP contribution in [-0.4, -0.2) is 178 Å². The molecule has 3 heterocycles. The highest BCUT2D eigenvalue weighted by molar-refractivity contribution is 5.98. The van der Waals surface area contributed by atoms with Crippen LogP contribution in [0.1, 0.15) is 170 Å². The summed E-state index contributed by atoms with van der Waals surface area (Å²) in [4.78, 5) is 155. The number of hydrogen-bond donors (Lipinski definition) is 5. The Kier molecular flexibility index (Phi) is 32.5. The molecule has 1 saturated heterocycles. The Labute approximate surface area is 595 Å². The molecular weight excluding hydrogens is 1280 g/mol. The zero-order valence-corrected chi connectivity index (χ0v) is 61.5. The number of unbranched alkanes of at least 4 members (excludes halogenated alkanes) is 2. The molecule has 550 valence electrons. The number of aliphatic carboxylic acids is 1. The second kappa shape index (κ2) is 40.3. The number of carbonyl (C=O) groups excluding carboxylic acids is 8. The molecule has 5 aromatic rings. The average Bonchev–Trinajstić information content (AvgIpc) is 1.79. The minimum Gasteiger partial charge on any atom is -0.481 e. The van der Waals surface area contributed by atoms with E-state index in [4.69, 9.17) is 15.2 Å². The van der Waals surface area contributed by atoms with Crippen LogP contribution in [0.5, 0.6) is 0 Å². The van der Waals surface area contributed by atoms with Crippen molar-refractivity contribution in [2.75, 3.05) is 60.7 Å².